The van der Waals surface area contributed by atoms with E-state index in [1.54, 1.807) is 0 Å². The number of allylic oxidation sites excluding steroid dienone is 2. The van der Waals surface area contributed by atoms with Gasteiger partial charge in [-0.3, -0.25) is 15.2 Å². The molecule has 31 heavy (non-hydrogen) atoms. The number of nitrogens with zero attached hydrogens (tertiary/aromatic N) is 3. The zero-order valence-electron chi connectivity index (χ0n) is 16.7. The molecule has 0 saturated carbocycles. The molecule has 1 aromatic carbocycles. The van der Waals surface area contributed by atoms with Crippen LogP contribution in [0.2, 0.25) is 0 Å². The molecular weight excluding hydrogens is 433 g/mol. The number of nitrogens with one attached hydrogen (secondary N) is 1. The lowest BCUT2D eigenvalue weighted by Crippen LogP contribution is -2.53. The number of guanidine groups is 1. The molecule has 2 heterocycles. The molecule has 0 unspecified atom stereocenters. The number of fused-ring (bicyclic) bond motifs is 2. The van der Waals surface area contributed by atoms with Gasteiger partial charge in [0.1, 0.15) is 0 Å². The van der Waals surface area contributed by atoms with Crippen molar-refractivity contribution in [3.63, 3.8) is 0 Å². The summed E-state index contributed by atoms with van der Waals surface area (Å²) in [5.41, 5.74) is 11.9. The highest BCUT2D eigenvalue weighted by Gasteiger charge is 2.40. The molecule has 11 heteroatoms. The molecule has 166 valence electrons. The second kappa shape index (κ2) is 8.54. The van der Waals surface area contributed by atoms with Crippen LogP contribution < -0.4 is 16.8 Å². The Morgan fingerprint density at radius 1 is 1.39 bits per heavy atom. The number of hydrogen-bond donors (Lipinski definition) is 3. The molecule has 1 atom stereocenters. The Morgan fingerprint density at radius 3 is 2.74 bits per heavy atom. The minimum Gasteiger partial charge on any atom is -0.397 e. The maximum atomic E-state index is 13.0. The van der Waals surface area contributed by atoms with E-state index in [1.165, 1.54) is 30.2 Å². The summed E-state index contributed by atoms with van der Waals surface area (Å²) < 4.78 is 39.0. The third-order valence-corrected chi connectivity index (χ3v) is 5.48. The number of rotatable bonds is 2. The van der Waals surface area contributed by atoms with Crippen molar-refractivity contribution in [2.75, 3.05) is 20.1 Å². The summed E-state index contributed by atoms with van der Waals surface area (Å²) in [6.07, 6.45) is -2.28. The quantitative estimate of drug-likeness (QED) is 0.472. The predicted molar refractivity (Wildman–Crippen MR) is 114 cm³/mol. The smallest absolute Gasteiger partial charge is 0.397 e. The van der Waals surface area contributed by atoms with Gasteiger partial charge in [-0.25, -0.2) is 4.79 Å². The normalized spacial score (nSPS) is 21.5. The largest absolute Gasteiger partial charge is 0.416 e. The Labute approximate surface area is 182 Å². The number of urea groups is 1. The number of piperazine rings is 1. The third kappa shape index (κ3) is 4.63. The van der Waals surface area contributed by atoms with Crippen molar-refractivity contribution in [3.8, 4) is 0 Å². The Morgan fingerprint density at radius 2 is 2.10 bits per heavy atom. The highest BCUT2D eigenvalue weighted by molar-refractivity contribution is 6.34. The minimum atomic E-state index is -4.50. The van der Waals surface area contributed by atoms with Crippen LogP contribution in [0.4, 0.5) is 18.0 Å². The van der Waals surface area contributed by atoms with E-state index in [0.29, 0.717) is 30.9 Å². The van der Waals surface area contributed by atoms with Gasteiger partial charge in [0.2, 0.25) is 0 Å². The molecule has 2 saturated heterocycles. The van der Waals surface area contributed by atoms with Crippen LogP contribution in [0.3, 0.4) is 0 Å². The fourth-order valence-corrected chi connectivity index (χ4v) is 3.80. The van der Waals surface area contributed by atoms with E-state index in [-0.39, 0.29) is 28.3 Å². The number of aliphatic imine (C=N–C) groups is 1. The molecule has 7 nitrogen and oxygen atoms in total. The van der Waals surface area contributed by atoms with Crippen molar-refractivity contribution in [1.29, 1.82) is 0 Å². The van der Waals surface area contributed by atoms with Gasteiger partial charge in [-0.1, -0.05) is 30.3 Å². The molecule has 1 aromatic rings. The second-order valence-corrected chi connectivity index (χ2v) is 7.52. The first-order valence-corrected chi connectivity index (χ1v) is 9.72. The molecule has 5 N–H and O–H groups in total. The summed E-state index contributed by atoms with van der Waals surface area (Å²) in [6, 6.07) is 4.02. The van der Waals surface area contributed by atoms with E-state index in [4.69, 9.17) is 23.1 Å². The Bertz CT molecular complexity index is 1000. The fourth-order valence-electron chi connectivity index (χ4n) is 3.59. The molecule has 0 spiro atoms. The maximum absolute atomic E-state index is 13.0. The fraction of sp³-hybridized carbons (Fsp3) is 0.300. The summed E-state index contributed by atoms with van der Waals surface area (Å²) in [7, 11) is 1.45. The van der Waals surface area contributed by atoms with Gasteiger partial charge in [-0.15, -0.1) is 0 Å². The summed E-state index contributed by atoms with van der Waals surface area (Å²) in [6.45, 7) is 5.21. The van der Waals surface area contributed by atoms with Crippen LogP contribution >= 0.6 is 11.6 Å². The van der Waals surface area contributed by atoms with Crippen LogP contribution in [0, 0.1) is 0 Å². The first-order chi connectivity index (χ1) is 14.5. The maximum Gasteiger partial charge on any atom is 0.416 e. The Hall–Kier alpha value is -3.14. The lowest BCUT2D eigenvalue weighted by Gasteiger charge is -2.38. The Kier molecular flexibility index (Phi) is 6.21. The molecule has 0 aliphatic carbocycles. The second-order valence-electron chi connectivity index (χ2n) is 7.11. The number of nitrogens with two attached hydrogens (primary N) is 2. The number of benzene rings is 1. The number of amides is 2. The topological polar surface area (TPSA) is 100.0 Å². The van der Waals surface area contributed by atoms with Crippen molar-refractivity contribution >= 4 is 29.3 Å². The number of hydrogen-bond acceptors (Lipinski definition) is 4. The molecule has 2 amide bonds. The van der Waals surface area contributed by atoms with Crippen molar-refractivity contribution in [3.05, 3.63) is 64.5 Å². The lowest BCUT2D eigenvalue weighted by atomic mass is 10.1. The van der Waals surface area contributed by atoms with Gasteiger partial charge in [-0.2, -0.15) is 13.2 Å². The van der Waals surface area contributed by atoms with Gasteiger partial charge >= 0.3 is 12.2 Å². The number of alkyl halides is 3. The number of carbonyl (C=O) groups excluding carboxylic acids is 1. The van der Waals surface area contributed by atoms with Crippen LogP contribution in [0.1, 0.15) is 17.5 Å². The predicted octanol–water partition coefficient (Wildman–Crippen LogP) is 3.01. The van der Waals surface area contributed by atoms with Crippen LogP contribution in [0.5, 0.6) is 0 Å². The van der Waals surface area contributed by atoms with Gasteiger partial charge in [0.25, 0.3) is 0 Å². The van der Waals surface area contributed by atoms with Crippen LogP contribution in [0.15, 0.2) is 58.3 Å². The Balaban J connectivity index is 1.94. The van der Waals surface area contributed by atoms with E-state index >= 15 is 0 Å². The molecule has 3 rings (SSSR count). The molecule has 2 fully saturated rings. The van der Waals surface area contributed by atoms with E-state index < -0.39 is 17.8 Å². The van der Waals surface area contributed by atoms with Crippen molar-refractivity contribution in [2.24, 2.45) is 16.5 Å². The summed E-state index contributed by atoms with van der Waals surface area (Å²) in [5, 5.41) is 2.53. The summed E-state index contributed by atoms with van der Waals surface area (Å²) in [5.74, 6) is -0.0320. The SMILES string of the molecule is C=C1/C(=C\C(Cl)=C(/N)c2cccc(C(F)(F)F)c2)N2CC[C@@H](C2)N1C(=O)NC(N)=NC. The van der Waals surface area contributed by atoms with Gasteiger partial charge in [-0.05, 0) is 30.2 Å². The lowest BCUT2D eigenvalue weighted by molar-refractivity contribution is -0.137. The van der Waals surface area contributed by atoms with Crippen molar-refractivity contribution in [2.45, 2.75) is 18.6 Å². The molecule has 2 aliphatic rings. The summed E-state index contributed by atoms with van der Waals surface area (Å²) >= 11 is 6.37. The third-order valence-electron chi connectivity index (χ3n) is 5.17. The van der Waals surface area contributed by atoms with E-state index in [0.717, 1.165) is 12.1 Å². The average Bonchev–Trinajstić information content (AvgIpc) is 3.14. The standard InChI is InChI=1S/C20H22ClF3N6O/c1-11-16(29-7-6-14(10-29)30(11)19(31)28-18(26)27-2)9-15(21)17(25)12-4-3-5-13(8-12)20(22,23)24/h3-5,8-9,14H,1,6-7,10,25H2,2H3,(H3,26,27,28,31)/b16-9+,17-15+/t14-/m0/s1. The van der Waals surface area contributed by atoms with E-state index in [1.807, 2.05) is 4.90 Å². The average molecular weight is 455 g/mol. The van der Waals surface area contributed by atoms with Gasteiger partial charge in [0.05, 0.1) is 33.7 Å². The monoisotopic (exact) mass is 454 g/mol. The van der Waals surface area contributed by atoms with Crippen molar-refractivity contribution < 1.29 is 18.0 Å². The molecule has 2 bridgehead atoms. The zero-order chi connectivity index (χ0) is 22.9. The van der Waals surface area contributed by atoms with Gasteiger partial charge in [0.15, 0.2) is 5.96 Å². The van der Waals surface area contributed by atoms with Crippen LogP contribution in [0.25, 0.3) is 5.70 Å². The molecular formula is C20H22ClF3N6O. The summed E-state index contributed by atoms with van der Waals surface area (Å²) in [4.78, 5) is 19.8. The number of carbonyl (C=O) groups is 1. The van der Waals surface area contributed by atoms with Crippen LogP contribution in [-0.4, -0.2) is 48.0 Å². The molecule has 0 aromatic heterocycles. The van der Waals surface area contributed by atoms with E-state index in [9.17, 15) is 18.0 Å². The molecule has 2 aliphatic heterocycles. The van der Waals surface area contributed by atoms with Gasteiger partial charge in [0, 0.05) is 20.1 Å². The van der Waals surface area contributed by atoms with E-state index in [2.05, 4.69) is 16.9 Å². The first kappa shape index (κ1) is 22.5. The molecule has 0 radical (unpaired) electrons. The highest BCUT2D eigenvalue weighted by Crippen LogP contribution is 2.36. The minimum absolute atomic E-state index is 0.0206. The van der Waals surface area contributed by atoms with Crippen molar-refractivity contribution in [1.82, 2.24) is 15.1 Å². The zero-order valence-corrected chi connectivity index (χ0v) is 17.5. The van der Waals surface area contributed by atoms with Gasteiger partial charge < -0.3 is 16.4 Å². The first-order valence-electron chi connectivity index (χ1n) is 9.34. The number of halogens is 4. The van der Waals surface area contributed by atoms with Crippen LogP contribution in [-0.2, 0) is 6.18 Å². The highest BCUT2D eigenvalue weighted by atomic mass is 35.5.